The Morgan fingerprint density at radius 2 is 2.13 bits per heavy atom. The van der Waals surface area contributed by atoms with E-state index in [9.17, 15) is 4.39 Å². The maximum Gasteiger partial charge on any atom is 0.127 e. The molecule has 0 heterocycles. The molecule has 0 aliphatic heterocycles. The van der Waals surface area contributed by atoms with E-state index in [1.807, 2.05) is 12.1 Å². The van der Waals surface area contributed by atoms with Gasteiger partial charge in [0, 0.05) is 10.4 Å². The predicted molar refractivity (Wildman–Crippen MR) is 64.8 cm³/mol. The van der Waals surface area contributed by atoms with Crippen molar-refractivity contribution < 1.29 is 4.39 Å². The van der Waals surface area contributed by atoms with E-state index in [1.54, 1.807) is 0 Å². The van der Waals surface area contributed by atoms with Crippen LogP contribution in [0.5, 0.6) is 0 Å². The molecular formula is C12H13BrClF. The molecule has 1 aliphatic rings. The SMILES string of the molecule is Fc1cc(Br)ccc1CC1(CCl)CCC1. The van der Waals surface area contributed by atoms with Crippen molar-refractivity contribution in [3.05, 3.63) is 34.1 Å². The van der Waals surface area contributed by atoms with Gasteiger partial charge in [-0.25, -0.2) is 4.39 Å². The fraction of sp³-hybridized carbons (Fsp3) is 0.500. The zero-order chi connectivity index (χ0) is 10.9. The van der Waals surface area contributed by atoms with Gasteiger partial charge in [-0.3, -0.25) is 0 Å². The Morgan fingerprint density at radius 1 is 1.40 bits per heavy atom. The van der Waals surface area contributed by atoms with Crippen LogP contribution >= 0.6 is 27.5 Å². The maximum atomic E-state index is 13.6. The van der Waals surface area contributed by atoms with Crippen molar-refractivity contribution in [1.82, 2.24) is 0 Å². The average Bonchev–Trinajstić information content (AvgIpc) is 2.14. The average molecular weight is 292 g/mol. The maximum absolute atomic E-state index is 13.6. The third-order valence-electron chi connectivity index (χ3n) is 3.28. The van der Waals surface area contributed by atoms with Crippen LogP contribution in [-0.4, -0.2) is 5.88 Å². The van der Waals surface area contributed by atoms with Gasteiger partial charge in [0.1, 0.15) is 5.82 Å². The van der Waals surface area contributed by atoms with Gasteiger partial charge >= 0.3 is 0 Å². The Bertz CT molecular complexity index is 355. The second-order valence-corrected chi connectivity index (χ2v) is 5.58. The lowest BCUT2D eigenvalue weighted by atomic mass is 9.67. The summed E-state index contributed by atoms with van der Waals surface area (Å²) in [5, 5.41) is 0. The molecule has 0 radical (unpaired) electrons. The molecule has 2 rings (SSSR count). The fourth-order valence-electron chi connectivity index (χ4n) is 2.10. The van der Waals surface area contributed by atoms with Crippen LogP contribution in [-0.2, 0) is 6.42 Å². The molecule has 1 saturated carbocycles. The third kappa shape index (κ3) is 2.36. The Kier molecular flexibility index (Phi) is 3.36. The van der Waals surface area contributed by atoms with E-state index in [2.05, 4.69) is 15.9 Å². The number of hydrogen-bond donors (Lipinski definition) is 0. The fourth-order valence-corrected chi connectivity index (χ4v) is 2.80. The van der Waals surface area contributed by atoms with Crippen LogP contribution in [0, 0.1) is 11.2 Å². The van der Waals surface area contributed by atoms with E-state index in [0.29, 0.717) is 5.88 Å². The molecular weight excluding hydrogens is 278 g/mol. The molecule has 1 aliphatic carbocycles. The minimum Gasteiger partial charge on any atom is -0.207 e. The standard InChI is InChI=1S/C12H13BrClF/c13-10-3-2-9(11(15)6-10)7-12(8-14)4-1-5-12/h2-3,6H,1,4-5,7-8H2. The van der Waals surface area contributed by atoms with Crippen LogP contribution in [0.4, 0.5) is 4.39 Å². The molecule has 0 unspecified atom stereocenters. The summed E-state index contributed by atoms with van der Waals surface area (Å²) in [6.45, 7) is 0. The van der Waals surface area contributed by atoms with Crippen LogP contribution in [0.25, 0.3) is 0 Å². The van der Waals surface area contributed by atoms with Crippen LogP contribution in [0.2, 0.25) is 0 Å². The molecule has 0 spiro atoms. The van der Waals surface area contributed by atoms with Crippen LogP contribution in [0.3, 0.4) is 0 Å². The number of benzene rings is 1. The Morgan fingerprint density at radius 3 is 2.60 bits per heavy atom. The highest BCUT2D eigenvalue weighted by Gasteiger charge is 2.36. The first-order chi connectivity index (χ1) is 7.15. The Balaban J connectivity index is 2.16. The normalized spacial score (nSPS) is 18.6. The van der Waals surface area contributed by atoms with E-state index in [-0.39, 0.29) is 11.2 Å². The van der Waals surface area contributed by atoms with Crippen molar-refractivity contribution in [3.63, 3.8) is 0 Å². The zero-order valence-electron chi connectivity index (χ0n) is 8.40. The van der Waals surface area contributed by atoms with Gasteiger partial charge in [-0.2, -0.15) is 0 Å². The quantitative estimate of drug-likeness (QED) is 0.717. The van der Waals surface area contributed by atoms with Gasteiger partial charge in [-0.15, -0.1) is 11.6 Å². The number of alkyl halides is 1. The van der Waals surface area contributed by atoms with E-state index in [4.69, 9.17) is 11.6 Å². The lowest BCUT2D eigenvalue weighted by Crippen LogP contribution is -2.33. The van der Waals surface area contributed by atoms with Crippen molar-refractivity contribution >= 4 is 27.5 Å². The molecule has 1 fully saturated rings. The first-order valence-corrected chi connectivity index (χ1v) is 6.48. The van der Waals surface area contributed by atoms with E-state index in [1.165, 1.54) is 12.5 Å². The highest BCUT2D eigenvalue weighted by atomic mass is 79.9. The van der Waals surface area contributed by atoms with Gasteiger partial charge in [0.25, 0.3) is 0 Å². The summed E-state index contributed by atoms with van der Waals surface area (Å²) in [5.41, 5.74) is 0.953. The largest absolute Gasteiger partial charge is 0.207 e. The summed E-state index contributed by atoms with van der Waals surface area (Å²) in [6, 6.07) is 5.26. The van der Waals surface area contributed by atoms with Crippen LogP contribution in [0.1, 0.15) is 24.8 Å². The Hall–Kier alpha value is -0.0800. The van der Waals surface area contributed by atoms with E-state index < -0.39 is 0 Å². The molecule has 0 saturated heterocycles. The van der Waals surface area contributed by atoms with Crippen molar-refractivity contribution in [1.29, 1.82) is 0 Å². The van der Waals surface area contributed by atoms with Gasteiger partial charge < -0.3 is 0 Å². The zero-order valence-corrected chi connectivity index (χ0v) is 10.7. The number of hydrogen-bond acceptors (Lipinski definition) is 0. The molecule has 3 heteroatoms. The molecule has 1 aromatic carbocycles. The van der Waals surface area contributed by atoms with E-state index >= 15 is 0 Å². The molecule has 0 nitrogen and oxygen atoms in total. The van der Waals surface area contributed by atoms with Gasteiger partial charge in [-0.05, 0) is 42.4 Å². The monoisotopic (exact) mass is 290 g/mol. The summed E-state index contributed by atoms with van der Waals surface area (Å²) in [4.78, 5) is 0. The molecule has 0 bridgehead atoms. The summed E-state index contributed by atoms with van der Waals surface area (Å²) in [7, 11) is 0. The van der Waals surface area contributed by atoms with Crippen molar-refractivity contribution in [3.8, 4) is 0 Å². The molecule has 0 amide bonds. The third-order valence-corrected chi connectivity index (χ3v) is 4.34. The molecule has 0 N–H and O–H groups in total. The predicted octanol–water partition coefficient (Wildman–Crippen LogP) is 4.54. The number of rotatable bonds is 3. The summed E-state index contributed by atoms with van der Waals surface area (Å²) in [5.74, 6) is 0.517. The molecule has 15 heavy (non-hydrogen) atoms. The minimum atomic E-state index is -0.124. The van der Waals surface area contributed by atoms with Crippen molar-refractivity contribution in [2.45, 2.75) is 25.7 Å². The van der Waals surface area contributed by atoms with Gasteiger partial charge in [0.2, 0.25) is 0 Å². The van der Waals surface area contributed by atoms with Gasteiger partial charge in [-0.1, -0.05) is 28.4 Å². The lowest BCUT2D eigenvalue weighted by molar-refractivity contribution is 0.164. The minimum absolute atomic E-state index is 0.124. The van der Waals surface area contributed by atoms with Gasteiger partial charge in [0.05, 0.1) is 0 Å². The highest BCUT2D eigenvalue weighted by molar-refractivity contribution is 9.10. The molecule has 0 atom stereocenters. The first-order valence-electron chi connectivity index (χ1n) is 5.15. The molecule has 82 valence electrons. The summed E-state index contributed by atoms with van der Waals surface area (Å²) in [6.07, 6.45) is 4.26. The highest BCUT2D eigenvalue weighted by Crippen LogP contribution is 2.44. The van der Waals surface area contributed by atoms with Crippen LogP contribution < -0.4 is 0 Å². The van der Waals surface area contributed by atoms with Crippen molar-refractivity contribution in [2.24, 2.45) is 5.41 Å². The second-order valence-electron chi connectivity index (χ2n) is 4.40. The number of halogens is 3. The molecule has 0 aromatic heterocycles. The first kappa shape index (κ1) is 11.4. The molecule has 1 aromatic rings. The smallest absolute Gasteiger partial charge is 0.127 e. The topological polar surface area (TPSA) is 0 Å². The van der Waals surface area contributed by atoms with Crippen molar-refractivity contribution in [2.75, 3.05) is 5.88 Å². The summed E-state index contributed by atoms with van der Waals surface area (Å²) >= 11 is 9.22. The Labute approximate surface area is 103 Å². The summed E-state index contributed by atoms with van der Waals surface area (Å²) < 4.78 is 14.4. The van der Waals surface area contributed by atoms with Gasteiger partial charge in [0.15, 0.2) is 0 Å². The lowest BCUT2D eigenvalue weighted by Gasteiger charge is -2.40. The second kappa shape index (κ2) is 4.42. The van der Waals surface area contributed by atoms with Crippen LogP contribution in [0.15, 0.2) is 22.7 Å². The van der Waals surface area contributed by atoms with E-state index in [0.717, 1.165) is 29.3 Å².